The molecule has 0 saturated carbocycles. The van der Waals surface area contributed by atoms with Crippen LogP contribution < -0.4 is 0 Å². The van der Waals surface area contributed by atoms with E-state index in [1.54, 1.807) is 0 Å². The van der Waals surface area contributed by atoms with E-state index in [2.05, 4.69) is 89.7 Å². The lowest BCUT2D eigenvalue weighted by Crippen LogP contribution is -2.04. The summed E-state index contributed by atoms with van der Waals surface area (Å²) in [5.41, 5.74) is 6.19. The summed E-state index contributed by atoms with van der Waals surface area (Å²) >= 11 is 0. The summed E-state index contributed by atoms with van der Waals surface area (Å²) in [4.78, 5) is 15.1. The molecule has 5 nitrogen and oxygen atoms in total. The van der Waals surface area contributed by atoms with Gasteiger partial charge in [0.25, 0.3) is 0 Å². The van der Waals surface area contributed by atoms with Crippen molar-refractivity contribution in [1.82, 2.24) is 24.1 Å². The standard InChI is InChI=1S/C29H33N5/c1-3-5-11-20-33-26-18-9-7-14-22(26)31-28(33)24-16-13-17-25(30-24)29-32-23-15-8-10-19-27(23)34(29)21-12-6-4-2/h7-10,13-19H,3-6,11-12,20-21H2,1-2H3. The van der Waals surface area contributed by atoms with Crippen LogP contribution in [-0.4, -0.2) is 24.1 Å². The fourth-order valence-corrected chi connectivity index (χ4v) is 4.72. The predicted octanol–water partition coefficient (Wildman–Crippen LogP) is 7.50. The number of pyridine rings is 1. The molecule has 0 fully saturated rings. The van der Waals surface area contributed by atoms with Gasteiger partial charge in [-0.1, -0.05) is 69.9 Å². The summed E-state index contributed by atoms with van der Waals surface area (Å²) in [6, 6.07) is 23.0. The van der Waals surface area contributed by atoms with E-state index in [9.17, 15) is 0 Å². The number of imidazole rings is 2. The van der Waals surface area contributed by atoms with E-state index in [0.29, 0.717) is 0 Å². The Morgan fingerprint density at radius 2 is 1.00 bits per heavy atom. The number of hydrogen-bond acceptors (Lipinski definition) is 3. The van der Waals surface area contributed by atoms with Gasteiger partial charge in [-0.25, -0.2) is 15.0 Å². The van der Waals surface area contributed by atoms with Crippen molar-refractivity contribution in [2.45, 2.75) is 65.5 Å². The minimum atomic E-state index is 0.900. The molecule has 0 unspecified atom stereocenters. The number of fused-ring (bicyclic) bond motifs is 2. The molecule has 0 N–H and O–H groups in total. The van der Waals surface area contributed by atoms with Crippen LogP contribution in [0.15, 0.2) is 66.7 Å². The molecule has 3 aromatic heterocycles. The van der Waals surface area contributed by atoms with Gasteiger partial charge in [-0.05, 0) is 49.2 Å². The van der Waals surface area contributed by atoms with Crippen molar-refractivity contribution in [1.29, 1.82) is 0 Å². The molecule has 0 saturated heterocycles. The molecule has 5 aromatic rings. The fourth-order valence-electron chi connectivity index (χ4n) is 4.72. The van der Waals surface area contributed by atoms with Gasteiger partial charge in [0.15, 0.2) is 11.6 Å². The molecule has 0 bridgehead atoms. The van der Waals surface area contributed by atoms with E-state index in [1.807, 2.05) is 0 Å². The van der Waals surface area contributed by atoms with E-state index in [-0.39, 0.29) is 0 Å². The third-order valence-corrected chi connectivity index (χ3v) is 6.49. The SMILES string of the molecule is CCCCCn1c(-c2cccc(-c3nc4ccccc4n3CCCCC)n2)nc2ccccc21. The minimum absolute atomic E-state index is 0.900. The molecule has 0 amide bonds. The van der Waals surface area contributed by atoms with E-state index in [0.717, 1.165) is 60.0 Å². The van der Waals surface area contributed by atoms with Gasteiger partial charge >= 0.3 is 0 Å². The normalized spacial score (nSPS) is 11.6. The Hall–Kier alpha value is -3.47. The lowest BCUT2D eigenvalue weighted by Gasteiger charge is -2.11. The molecular weight excluding hydrogens is 418 g/mol. The van der Waals surface area contributed by atoms with Gasteiger partial charge in [0.2, 0.25) is 0 Å². The van der Waals surface area contributed by atoms with Crippen LogP contribution in [0.1, 0.15) is 52.4 Å². The third kappa shape index (κ3) is 4.35. The molecule has 0 aliphatic heterocycles. The molecule has 0 aliphatic carbocycles. The minimum Gasteiger partial charge on any atom is -0.323 e. The van der Waals surface area contributed by atoms with Gasteiger partial charge in [0.1, 0.15) is 11.4 Å². The highest BCUT2D eigenvalue weighted by atomic mass is 15.1. The average Bonchev–Trinajstić information content (AvgIpc) is 3.43. The first-order valence-electron chi connectivity index (χ1n) is 12.7. The number of para-hydroxylation sites is 4. The van der Waals surface area contributed by atoms with Crippen molar-refractivity contribution >= 4 is 22.1 Å². The Balaban J connectivity index is 1.59. The average molecular weight is 452 g/mol. The van der Waals surface area contributed by atoms with Crippen molar-refractivity contribution in [2.24, 2.45) is 0 Å². The smallest absolute Gasteiger partial charge is 0.159 e. The van der Waals surface area contributed by atoms with Crippen LogP contribution in [0.25, 0.3) is 45.1 Å². The topological polar surface area (TPSA) is 48.5 Å². The van der Waals surface area contributed by atoms with Crippen LogP contribution in [0.2, 0.25) is 0 Å². The van der Waals surface area contributed by atoms with Crippen LogP contribution in [0.5, 0.6) is 0 Å². The van der Waals surface area contributed by atoms with Crippen LogP contribution >= 0.6 is 0 Å². The molecule has 174 valence electrons. The third-order valence-electron chi connectivity index (χ3n) is 6.49. The van der Waals surface area contributed by atoms with Crippen LogP contribution in [-0.2, 0) is 13.1 Å². The number of unbranched alkanes of at least 4 members (excludes halogenated alkanes) is 4. The number of nitrogens with zero attached hydrogens (tertiary/aromatic N) is 5. The molecule has 3 heterocycles. The van der Waals surface area contributed by atoms with Crippen LogP contribution in [0, 0.1) is 0 Å². The molecule has 0 aliphatic rings. The first-order chi connectivity index (χ1) is 16.8. The Labute approximate surface area is 201 Å². The molecule has 0 spiro atoms. The second kappa shape index (κ2) is 10.2. The molecule has 0 radical (unpaired) electrons. The number of aryl methyl sites for hydroxylation is 2. The monoisotopic (exact) mass is 451 g/mol. The van der Waals surface area contributed by atoms with Crippen LogP contribution in [0.4, 0.5) is 0 Å². The maximum Gasteiger partial charge on any atom is 0.159 e. The molecule has 0 atom stereocenters. The largest absolute Gasteiger partial charge is 0.323 e. The molecular formula is C29H33N5. The van der Waals surface area contributed by atoms with E-state index in [4.69, 9.17) is 15.0 Å². The lowest BCUT2D eigenvalue weighted by molar-refractivity contribution is 0.615. The zero-order valence-electron chi connectivity index (χ0n) is 20.2. The summed E-state index contributed by atoms with van der Waals surface area (Å²) in [6.45, 7) is 6.38. The predicted molar refractivity (Wildman–Crippen MR) is 141 cm³/mol. The highest BCUT2D eigenvalue weighted by Gasteiger charge is 2.17. The molecule has 34 heavy (non-hydrogen) atoms. The lowest BCUT2D eigenvalue weighted by atomic mass is 10.2. The van der Waals surface area contributed by atoms with E-state index in [1.165, 1.54) is 36.7 Å². The molecule has 2 aromatic carbocycles. The highest BCUT2D eigenvalue weighted by molar-refractivity contribution is 5.82. The Morgan fingerprint density at radius 1 is 0.529 bits per heavy atom. The van der Waals surface area contributed by atoms with Gasteiger partial charge in [-0.15, -0.1) is 0 Å². The zero-order chi connectivity index (χ0) is 23.3. The zero-order valence-corrected chi connectivity index (χ0v) is 20.2. The van der Waals surface area contributed by atoms with Crippen molar-refractivity contribution < 1.29 is 0 Å². The van der Waals surface area contributed by atoms with E-state index < -0.39 is 0 Å². The Bertz CT molecular complexity index is 1290. The fraction of sp³-hybridized carbons (Fsp3) is 0.345. The van der Waals surface area contributed by atoms with Gasteiger partial charge < -0.3 is 9.13 Å². The van der Waals surface area contributed by atoms with Crippen molar-refractivity contribution in [3.63, 3.8) is 0 Å². The van der Waals surface area contributed by atoms with Gasteiger partial charge in [0.05, 0.1) is 22.1 Å². The summed E-state index contributed by atoms with van der Waals surface area (Å²) in [6.07, 6.45) is 7.09. The number of benzene rings is 2. The summed E-state index contributed by atoms with van der Waals surface area (Å²) in [5.74, 6) is 1.88. The maximum absolute atomic E-state index is 5.11. The number of aromatic nitrogens is 5. The summed E-state index contributed by atoms with van der Waals surface area (Å²) in [5, 5.41) is 0. The quantitative estimate of drug-likeness (QED) is 0.207. The van der Waals surface area contributed by atoms with Crippen molar-refractivity contribution in [3.8, 4) is 23.0 Å². The Kier molecular flexibility index (Phi) is 6.70. The summed E-state index contributed by atoms with van der Waals surface area (Å²) < 4.78 is 4.67. The number of hydrogen-bond donors (Lipinski definition) is 0. The van der Waals surface area contributed by atoms with Gasteiger partial charge in [-0.2, -0.15) is 0 Å². The van der Waals surface area contributed by atoms with Crippen molar-refractivity contribution in [3.05, 3.63) is 66.7 Å². The van der Waals surface area contributed by atoms with E-state index >= 15 is 0 Å². The maximum atomic E-state index is 5.11. The van der Waals surface area contributed by atoms with Gasteiger partial charge in [-0.3, -0.25) is 0 Å². The van der Waals surface area contributed by atoms with Gasteiger partial charge in [0, 0.05) is 13.1 Å². The Morgan fingerprint density at radius 3 is 1.47 bits per heavy atom. The second-order valence-corrected chi connectivity index (χ2v) is 8.97. The first kappa shape index (κ1) is 22.3. The molecule has 5 rings (SSSR count). The van der Waals surface area contributed by atoms with Crippen molar-refractivity contribution in [2.75, 3.05) is 0 Å². The first-order valence-corrected chi connectivity index (χ1v) is 12.7. The second-order valence-electron chi connectivity index (χ2n) is 8.97. The highest BCUT2D eigenvalue weighted by Crippen LogP contribution is 2.28. The van der Waals surface area contributed by atoms with Crippen LogP contribution in [0.3, 0.4) is 0 Å². The number of rotatable bonds is 10. The molecule has 5 heteroatoms. The summed E-state index contributed by atoms with van der Waals surface area (Å²) in [7, 11) is 0.